The van der Waals surface area contributed by atoms with Crippen LogP contribution in [0.5, 0.6) is 0 Å². The maximum absolute atomic E-state index is 11.5. The zero-order valence-corrected chi connectivity index (χ0v) is 8.91. The lowest BCUT2D eigenvalue weighted by Gasteiger charge is -2.21. The van der Waals surface area contributed by atoms with Gasteiger partial charge in [-0.05, 0) is 22.4 Å². The number of nitrogens with zero attached hydrogens (tertiary/aromatic N) is 2. The maximum Gasteiger partial charge on any atom is 0.346 e. The summed E-state index contributed by atoms with van der Waals surface area (Å²) in [5, 5.41) is 3.93. The van der Waals surface area contributed by atoms with Crippen molar-refractivity contribution in [1.29, 1.82) is 0 Å². The molecular formula is C10H11N3OS. The van der Waals surface area contributed by atoms with Gasteiger partial charge in [-0.3, -0.25) is 0 Å². The second kappa shape index (κ2) is 3.86. The Bertz CT molecular complexity index is 410. The zero-order valence-electron chi connectivity index (χ0n) is 8.09. The van der Waals surface area contributed by atoms with E-state index >= 15 is 0 Å². The monoisotopic (exact) mass is 221 g/mol. The molecule has 2 N–H and O–H groups in total. The number of carbonyl (C=O) groups is 1. The van der Waals surface area contributed by atoms with E-state index in [2.05, 4.69) is 11.6 Å². The van der Waals surface area contributed by atoms with Crippen molar-refractivity contribution in [2.24, 2.45) is 10.7 Å². The smallest absolute Gasteiger partial charge is 0.346 e. The first-order valence-electron chi connectivity index (χ1n) is 4.51. The minimum absolute atomic E-state index is 0.221. The molecule has 78 valence electrons. The van der Waals surface area contributed by atoms with Crippen LogP contribution in [0.15, 0.2) is 34.5 Å². The Labute approximate surface area is 91.7 Å². The van der Waals surface area contributed by atoms with Crippen molar-refractivity contribution in [3.05, 3.63) is 35.0 Å². The Morgan fingerprint density at radius 2 is 2.53 bits per heavy atom. The lowest BCUT2D eigenvalue weighted by atomic mass is 10.1. The van der Waals surface area contributed by atoms with Gasteiger partial charge in [0.1, 0.15) is 11.9 Å². The highest BCUT2D eigenvalue weighted by Gasteiger charge is 2.33. The summed E-state index contributed by atoms with van der Waals surface area (Å²) < 4.78 is 0. The van der Waals surface area contributed by atoms with Crippen LogP contribution in [0, 0.1) is 0 Å². The van der Waals surface area contributed by atoms with Crippen LogP contribution in [0.1, 0.15) is 11.6 Å². The summed E-state index contributed by atoms with van der Waals surface area (Å²) in [5.41, 5.74) is 6.75. The number of rotatable bonds is 3. The topological polar surface area (TPSA) is 58.7 Å². The molecule has 0 spiro atoms. The first-order chi connectivity index (χ1) is 7.24. The molecule has 2 amide bonds. The predicted octanol–water partition coefficient (Wildman–Crippen LogP) is 1.77. The number of amidine groups is 1. The molecule has 1 aromatic rings. The van der Waals surface area contributed by atoms with Crippen molar-refractivity contribution in [2.75, 3.05) is 6.54 Å². The van der Waals surface area contributed by atoms with E-state index < -0.39 is 0 Å². The SMILES string of the molecule is C=CCN1C(=O)N=C(N)C1c1ccsc1. The maximum atomic E-state index is 11.5. The van der Waals surface area contributed by atoms with Gasteiger partial charge in [0, 0.05) is 6.54 Å². The van der Waals surface area contributed by atoms with Gasteiger partial charge in [0.2, 0.25) is 0 Å². The Morgan fingerprint density at radius 3 is 3.13 bits per heavy atom. The summed E-state index contributed by atoms with van der Waals surface area (Å²) in [6, 6.07) is 1.44. The van der Waals surface area contributed by atoms with Gasteiger partial charge in [-0.2, -0.15) is 16.3 Å². The van der Waals surface area contributed by atoms with E-state index in [4.69, 9.17) is 5.73 Å². The number of aliphatic imine (C=N–C) groups is 1. The lowest BCUT2D eigenvalue weighted by molar-refractivity contribution is 0.213. The number of nitrogens with two attached hydrogens (primary N) is 1. The van der Waals surface area contributed by atoms with Gasteiger partial charge in [-0.25, -0.2) is 4.79 Å². The molecule has 4 nitrogen and oxygen atoms in total. The molecule has 0 saturated carbocycles. The summed E-state index contributed by atoms with van der Waals surface area (Å²) in [7, 11) is 0. The van der Waals surface area contributed by atoms with Crippen molar-refractivity contribution in [3.63, 3.8) is 0 Å². The molecule has 1 aromatic heterocycles. The van der Waals surface area contributed by atoms with E-state index in [1.54, 1.807) is 22.3 Å². The van der Waals surface area contributed by atoms with E-state index in [0.29, 0.717) is 12.4 Å². The van der Waals surface area contributed by atoms with E-state index in [-0.39, 0.29) is 12.1 Å². The molecular weight excluding hydrogens is 210 g/mol. The van der Waals surface area contributed by atoms with Crippen LogP contribution in [0.3, 0.4) is 0 Å². The molecule has 1 aliphatic heterocycles. The molecule has 1 atom stereocenters. The van der Waals surface area contributed by atoms with Crippen LogP contribution in [-0.4, -0.2) is 23.3 Å². The van der Waals surface area contributed by atoms with Crippen LogP contribution in [0.2, 0.25) is 0 Å². The molecule has 15 heavy (non-hydrogen) atoms. The Morgan fingerprint density at radius 1 is 1.73 bits per heavy atom. The molecule has 0 bridgehead atoms. The second-order valence-electron chi connectivity index (χ2n) is 3.22. The van der Waals surface area contributed by atoms with E-state index in [0.717, 1.165) is 5.56 Å². The second-order valence-corrected chi connectivity index (χ2v) is 4.00. The van der Waals surface area contributed by atoms with Gasteiger partial charge in [0.15, 0.2) is 0 Å². The van der Waals surface area contributed by atoms with Crippen LogP contribution >= 0.6 is 11.3 Å². The molecule has 1 unspecified atom stereocenters. The minimum atomic E-state index is -0.288. The number of hydrogen-bond donors (Lipinski definition) is 1. The summed E-state index contributed by atoms with van der Waals surface area (Å²) in [6.45, 7) is 4.08. The molecule has 0 fully saturated rings. The van der Waals surface area contributed by atoms with Gasteiger partial charge >= 0.3 is 6.03 Å². The first kappa shape index (κ1) is 9.92. The van der Waals surface area contributed by atoms with E-state index in [1.807, 2.05) is 16.8 Å². The average molecular weight is 221 g/mol. The molecule has 0 aromatic carbocycles. The fourth-order valence-electron chi connectivity index (χ4n) is 1.61. The van der Waals surface area contributed by atoms with Crippen LogP contribution in [-0.2, 0) is 0 Å². The Kier molecular flexibility index (Phi) is 2.55. The van der Waals surface area contributed by atoms with Crippen molar-refractivity contribution in [2.45, 2.75) is 6.04 Å². The van der Waals surface area contributed by atoms with Crippen LogP contribution in [0.4, 0.5) is 4.79 Å². The Balaban J connectivity index is 2.32. The molecule has 0 saturated heterocycles. The number of thiophene rings is 1. The van der Waals surface area contributed by atoms with Gasteiger partial charge in [-0.15, -0.1) is 6.58 Å². The quantitative estimate of drug-likeness (QED) is 0.791. The average Bonchev–Trinajstić information content (AvgIpc) is 2.77. The molecule has 1 aliphatic rings. The molecule has 0 aliphatic carbocycles. The molecule has 2 heterocycles. The summed E-state index contributed by atoms with van der Waals surface area (Å²) in [4.78, 5) is 16.9. The minimum Gasteiger partial charge on any atom is -0.385 e. The first-order valence-corrected chi connectivity index (χ1v) is 5.46. The Hall–Kier alpha value is -1.62. The normalized spacial score (nSPS) is 20.5. The fraction of sp³-hybridized carbons (Fsp3) is 0.200. The van der Waals surface area contributed by atoms with Gasteiger partial charge in [0.25, 0.3) is 0 Å². The highest BCUT2D eigenvalue weighted by molar-refractivity contribution is 7.08. The van der Waals surface area contributed by atoms with Gasteiger partial charge < -0.3 is 10.6 Å². The summed E-state index contributed by atoms with van der Waals surface area (Å²) >= 11 is 1.58. The molecule has 0 radical (unpaired) electrons. The van der Waals surface area contributed by atoms with Crippen LogP contribution in [0.25, 0.3) is 0 Å². The number of carbonyl (C=O) groups excluding carboxylic acids is 1. The van der Waals surface area contributed by atoms with E-state index in [1.165, 1.54) is 0 Å². The lowest BCUT2D eigenvalue weighted by Crippen LogP contribution is -2.33. The van der Waals surface area contributed by atoms with Crippen molar-refractivity contribution in [1.82, 2.24) is 4.90 Å². The van der Waals surface area contributed by atoms with Crippen molar-refractivity contribution >= 4 is 23.2 Å². The van der Waals surface area contributed by atoms with E-state index in [9.17, 15) is 4.79 Å². The molecule has 5 heteroatoms. The third-order valence-electron chi connectivity index (χ3n) is 2.25. The van der Waals surface area contributed by atoms with Crippen molar-refractivity contribution < 1.29 is 4.79 Å². The highest BCUT2D eigenvalue weighted by atomic mass is 32.1. The van der Waals surface area contributed by atoms with Gasteiger partial charge in [0.05, 0.1) is 0 Å². The summed E-state index contributed by atoms with van der Waals surface area (Å²) in [6.07, 6.45) is 1.67. The van der Waals surface area contributed by atoms with Crippen molar-refractivity contribution in [3.8, 4) is 0 Å². The fourth-order valence-corrected chi connectivity index (χ4v) is 2.29. The largest absolute Gasteiger partial charge is 0.385 e. The zero-order chi connectivity index (χ0) is 10.8. The highest BCUT2D eigenvalue weighted by Crippen LogP contribution is 2.27. The third-order valence-corrected chi connectivity index (χ3v) is 2.95. The standard InChI is InChI=1S/C10H11N3OS/c1-2-4-13-8(7-3-5-15-6-7)9(11)12-10(13)14/h2-3,5-6,8H,1,4H2,(H2,11,12,14). The van der Waals surface area contributed by atoms with Crippen LogP contribution < -0.4 is 5.73 Å². The predicted molar refractivity (Wildman–Crippen MR) is 61.0 cm³/mol. The number of hydrogen-bond acceptors (Lipinski definition) is 3. The van der Waals surface area contributed by atoms with Gasteiger partial charge in [-0.1, -0.05) is 6.08 Å². The number of urea groups is 1. The molecule has 2 rings (SSSR count). The number of amides is 2. The third kappa shape index (κ3) is 1.66. The summed E-state index contributed by atoms with van der Waals surface area (Å²) in [5.74, 6) is 0.361.